The molecule has 0 spiro atoms. The molecule has 0 aliphatic carbocycles. The van der Waals surface area contributed by atoms with Gasteiger partial charge in [0, 0.05) is 11.1 Å². The highest BCUT2D eigenvalue weighted by Crippen LogP contribution is 2.16. The maximum Gasteiger partial charge on any atom is 0.0953 e. The molecule has 0 radical (unpaired) electrons. The average Bonchev–Trinajstić information content (AvgIpc) is 2.44. The number of rotatable bonds is 2. The summed E-state index contributed by atoms with van der Waals surface area (Å²) in [6, 6.07) is 20.5. The van der Waals surface area contributed by atoms with Gasteiger partial charge in [0.2, 0.25) is 0 Å². The van der Waals surface area contributed by atoms with Gasteiger partial charge >= 0.3 is 0 Å². The number of hydrogen-bond acceptors (Lipinski definition) is 1. The molecule has 2 rings (SSSR count). The van der Waals surface area contributed by atoms with Crippen molar-refractivity contribution in [2.24, 2.45) is 0 Å². The van der Waals surface area contributed by atoms with E-state index >= 15 is 0 Å². The highest BCUT2D eigenvalue weighted by molar-refractivity contribution is 5.37. The SMILES string of the molecule is CC(C)(C)NC(C#Cc1ccccc1)c1ccccc1. The quantitative estimate of drug-likeness (QED) is 0.802. The van der Waals surface area contributed by atoms with Crippen LogP contribution in [0.3, 0.4) is 0 Å². The average molecular weight is 263 g/mol. The van der Waals surface area contributed by atoms with E-state index in [-0.39, 0.29) is 11.6 Å². The largest absolute Gasteiger partial charge is 0.295 e. The third-order valence-corrected chi connectivity index (χ3v) is 2.84. The molecule has 2 aromatic carbocycles. The smallest absolute Gasteiger partial charge is 0.0953 e. The predicted octanol–water partition coefficient (Wildman–Crippen LogP) is 4.17. The van der Waals surface area contributed by atoms with Crippen molar-refractivity contribution in [2.75, 3.05) is 0 Å². The normalized spacial score (nSPS) is 12.3. The zero-order valence-electron chi connectivity index (χ0n) is 12.4. The maximum absolute atomic E-state index is 3.57. The van der Waals surface area contributed by atoms with Crippen molar-refractivity contribution in [1.82, 2.24) is 5.32 Å². The summed E-state index contributed by atoms with van der Waals surface area (Å²) in [5.41, 5.74) is 2.27. The van der Waals surface area contributed by atoms with Gasteiger partial charge in [-0.05, 0) is 38.5 Å². The Morgan fingerprint density at radius 3 is 1.95 bits per heavy atom. The molecule has 0 aromatic heterocycles. The van der Waals surface area contributed by atoms with E-state index in [1.54, 1.807) is 0 Å². The second kappa shape index (κ2) is 6.41. The van der Waals surface area contributed by atoms with Crippen LogP contribution in [0, 0.1) is 11.8 Å². The Hall–Kier alpha value is -2.04. The predicted molar refractivity (Wildman–Crippen MR) is 85.4 cm³/mol. The van der Waals surface area contributed by atoms with E-state index in [1.807, 2.05) is 36.4 Å². The van der Waals surface area contributed by atoms with E-state index in [9.17, 15) is 0 Å². The third-order valence-electron chi connectivity index (χ3n) is 2.84. The van der Waals surface area contributed by atoms with Crippen LogP contribution in [0.2, 0.25) is 0 Å². The summed E-state index contributed by atoms with van der Waals surface area (Å²) in [6.45, 7) is 6.48. The van der Waals surface area contributed by atoms with Crippen molar-refractivity contribution in [3.8, 4) is 11.8 Å². The molecule has 0 aliphatic heterocycles. The molecule has 1 atom stereocenters. The first-order valence-corrected chi connectivity index (χ1v) is 6.94. The molecule has 0 fully saturated rings. The number of nitrogens with one attached hydrogen (secondary N) is 1. The van der Waals surface area contributed by atoms with Gasteiger partial charge < -0.3 is 0 Å². The monoisotopic (exact) mass is 263 g/mol. The molecule has 20 heavy (non-hydrogen) atoms. The topological polar surface area (TPSA) is 12.0 Å². The van der Waals surface area contributed by atoms with Crippen LogP contribution in [0.15, 0.2) is 60.7 Å². The second-order valence-electron chi connectivity index (χ2n) is 5.87. The molecule has 0 bridgehead atoms. The van der Waals surface area contributed by atoms with E-state index < -0.39 is 0 Å². The van der Waals surface area contributed by atoms with Crippen molar-refractivity contribution in [2.45, 2.75) is 32.4 Å². The summed E-state index contributed by atoms with van der Waals surface area (Å²) in [5.74, 6) is 6.60. The highest BCUT2D eigenvalue weighted by atomic mass is 15.0. The molecule has 0 heterocycles. The summed E-state index contributed by atoms with van der Waals surface area (Å²) < 4.78 is 0. The Balaban J connectivity index is 2.26. The summed E-state index contributed by atoms with van der Waals surface area (Å²) in [4.78, 5) is 0. The molecule has 0 amide bonds. The van der Waals surface area contributed by atoms with Crippen molar-refractivity contribution in [3.63, 3.8) is 0 Å². The highest BCUT2D eigenvalue weighted by Gasteiger charge is 2.16. The Labute approximate surface area is 122 Å². The van der Waals surface area contributed by atoms with Crippen LogP contribution in [-0.4, -0.2) is 5.54 Å². The van der Waals surface area contributed by atoms with Crippen molar-refractivity contribution in [3.05, 3.63) is 71.8 Å². The van der Waals surface area contributed by atoms with E-state index in [2.05, 4.69) is 62.2 Å². The van der Waals surface area contributed by atoms with Gasteiger partial charge in [-0.25, -0.2) is 0 Å². The van der Waals surface area contributed by atoms with Crippen LogP contribution in [0.4, 0.5) is 0 Å². The first kappa shape index (κ1) is 14.4. The van der Waals surface area contributed by atoms with Gasteiger partial charge in [-0.1, -0.05) is 60.4 Å². The van der Waals surface area contributed by atoms with Crippen LogP contribution >= 0.6 is 0 Å². The Morgan fingerprint density at radius 1 is 0.850 bits per heavy atom. The van der Waals surface area contributed by atoms with Gasteiger partial charge in [0.1, 0.15) is 0 Å². The molecule has 1 unspecified atom stereocenters. The van der Waals surface area contributed by atoms with Crippen LogP contribution in [0.5, 0.6) is 0 Å². The molecule has 102 valence electrons. The Morgan fingerprint density at radius 2 is 1.40 bits per heavy atom. The molecule has 1 nitrogen and oxygen atoms in total. The third kappa shape index (κ3) is 4.57. The summed E-state index contributed by atoms with van der Waals surface area (Å²) in [6.07, 6.45) is 0. The first-order chi connectivity index (χ1) is 9.54. The summed E-state index contributed by atoms with van der Waals surface area (Å²) in [5, 5.41) is 3.57. The number of benzene rings is 2. The minimum atomic E-state index is 0.0197. The minimum Gasteiger partial charge on any atom is -0.295 e. The van der Waals surface area contributed by atoms with E-state index in [0.717, 1.165) is 5.56 Å². The molecule has 0 saturated carbocycles. The van der Waals surface area contributed by atoms with Crippen molar-refractivity contribution >= 4 is 0 Å². The van der Waals surface area contributed by atoms with Crippen LogP contribution in [0.25, 0.3) is 0 Å². The van der Waals surface area contributed by atoms with E-state index in [4.69, 9.17) is 0 Å². The lowest BCUT2D eigenvalue weighted by atomic mass is 10.0. The fraction of sp³-hybridized carbons (Fsp3) is 0.263. The lowest BCUT2D eigenvalue weighted by Gasteiger charge is -2.25. The standard InChI is InChI=1S/C19H21N/c1-19(2,3)20-18(17-12-8-5-9-13-17)15-14-16-10-6-4-7-11-16/h4-13,18,20H,1-3H3. The van der Waals surface area contributed by atoms with Crippen molar-refractivity contribution < 1.29 is 0 Å². The fourth-order valence-corrected chi connectivity index (χ4v) is 1.96. The zero-order valence-corrected chi connectivity index (χ0v) is 12.4. The van der Waals surface area contributed by atoms with Gasteiger partial charge in [-0.2, -0.15) is 0 Å². The van der Waals surface area contributed by atoms with Gasteiger partial charge in [0.25, 0.3) is 0 Å². The van der Waals surface area contributed by atoms with Crippen LogP contribution < -0.4 is 5.32 Å². The molecule has 2 aromatic rings. The molecular weight excluding hydrogens is 242 g/mol. The lowest BCUT2D eigenvalue weighted by molar-refractivity contribution is 0.402. The van der Waals surface area contributed by atoms with Crippen molar-refractivity contribution in [1.29, 1.82) is 0 Å². The van der Waals surface area contributed by atoms with Crippen LogP contribution in [0.1, 0.15) is 37.9 Å². The zero-order chi connectivity index (χ0) is 14.4. The molecule has 1 N–H and O–H groups in total. The fourth-order valence-electron chi connectivity index (χ4n) is 1.96. The summed E-state index contributed by atoms with van der Waals surface area (Å²) >= 11 is 0. The molecule has 0 saturated heterocycles. The maximum atomic E-state index is 3.57. The second-order valence-corrected chi connectivity index (χ2v) is 5.87. The van der Waals surface area contributed by atoms with Gasteiger partial charge in [-0.3, -0.25) is 5.32 Å². The van der Waals surface area contributed by atoms with Gasteiger partial charge in [0.15, 0.2) is 0 Å². The molecular formula is C19H21N. The lowest BCUT2D eigenvalue weighted by Crippen LogP contribution is -2.38. The van der Waals surface area contributed by atoms with Crippen LogP contribution in [-0.2, 0) is 0 Å². The van der Waals surface area contributed by atoms with E-state index in [1.165, 1.54) is 5.56 Å². The summed E-state index contributed by atoms with van der Waals surface area (Å²) in [7, 11) is 0. The number of hydrogen-bond donors (Lipinski definition) is 1. The first-order valence-electron chi connectivity index (χ1n) is 6.94. The Bertz CT molecular complexity index is 582. The van der Waals surface area contributed by atoms with Gasteiger partial charge in [-0.15, -0.1) is 0 Å². The minimum absolute atomic E-state index is 0.0197. The molecule has 1 heteroatoms. The van der Waals surface area contributed by atoms with E-state index in [0.29, 0.717) is 0 Å². The van der Waals surface area contributed by atoms with Gasteiger partial charge in [0.05, 0.1) is 6.04 Å². The Kier molecular flexibility index (Phi) is 4.61. The molecule has 0 aliphatic rings.